The highest BCUT2D eigenvalue weighted by atomic mass is 19.1. The number of hydrogen-bond acceptors (Lipinski definition) is 7. The predicted molar refractivity (Wildman–Crippen MR) is 161 cm³/mol. The second-order valence-corrected chi connectivity index (χ2v) is 11.0. The van der Waals surface area contributed by atoms with E-state index in [1.807, 2.05) is 6.07 Å². The number of amides is 2. The van der Waals surface area contributed by atoms with E-state index in [-0.39, 0.29) is 31.4 Å². The number of methoxy groups -OCH3 is 4. The summed E-state index contributed by atoms with van der Waals surface area (Å²) in [4.78, 5) is 32.7. The van der Waals surface area contributed by atoms with Crippen molar-refractivity contribution in [3.8, 4) is 17.2 Å². The largest absolute Gasteiger partial charge is 0.493 e. The van der Waals surface area contributed by atoms with Crippen LogP contribution in [-0.4, -0.2) is 89.4 Å². The lowest BCUT2D eigenvalue weighted by Gasteiger charge is -2.32. The van der Waals surface area contributed by atoms with Gasteiger partial charge in [-0.05, 0) is 73.7 Å². The molecular formula is C32H46FN3O6. The molecule has 0 saturated carbocycles. The van der Waals surface area contributed by atoms with Gasteiger partial charge in [0.05, 0.1) is 21.3 Å². The quantitative estimate of drug-likeness (QED) is 0.404. The van der Waals surface area contributed by atoms with Gasteiger partial charge in [0.15, 0.2) is 11.5 Å². The topological polar surface area (TPSA) is 80.8 Å². The second-order valence-electron chi connectivity index (χ2n) is 11.0. The number of aryl methyl sites for hydroxylation is 1. The summed E-state index contributed by atoms with van der Waals surface area (Å²) in [5.41, 5.74) is 2.02. The highest BCUT2D eigenvalue weighted by Crippen LogP contribution is 2.40. The maximum absolute atomic E-state index is 14.5. The molecular weight excluding hydrogens is 541 g/mol. The summed E-state index contributed by atoms with van der Waals surface area (Å²) in [6, 6.07) is 8.09. The molecule has 1 aliphatic heterocycles. The summed E-state index contributed by atoms with van der Waals surface area (Å²) in [5, 5.41) is 0. The molecule has 1 heterocycles. The van der Waals surface area contributed by atoms with Crippen LogP contribution < -0.4 is 19.1 Å². The fourth-order valence-corrected chi connectivity index (χ4v) is 5.53. The Labute approximate surface area is 249 Å². The Hall–Kier alpha value is -3.37. The van der Waals surface area contributed by atoms with Crippen LogP contribution in [0.25, 0.3) is 0 Å². The highest BCUT2D eigenvalue weighted by molar-refractivity contribution is 5.95. The van der Waals surface area contributed by atoms with Gasteiger partial charge in [0, 0.05) is 45.4 Å². The van der Waals surface area contributed by atoms with Crippen LogP contribution in [0.4, 0.5) is 10.1 Å². The first-order valence-corrected chi connectivity index (χ1v) is 14.6. The summed E-state index contributed by atoms with van der Waals surface area (Å²) in [6.45, 7) is 8.05. The van der Waals surface area contributed by atoms with Gasteiger partial charge in [-0.25, -0.2) is 4.39 Å². The smallest absolute Gasteiger partial charge is 0.252 e. The Morgan fingerprint density at radius 2 is 1.60 bits per heavy atom. The van der Waals surface area contributed by atoms with Crippen molar-refractivity contribution >= 4 is 17.5 Å². The van der Waals surface area contributed by atoms with Gasteiger partial charge in [0.25, 0.3) is 5.91 Å². The lowest BCUT2D eigenvalue weighted by atomic mass is 10.1. The molecule has 3 rings (SSSR count). The van der Waals surface area contributed by atoms with Gasteiger partial charge in [0.1, 0.15) is 12.4 Å². The van der Waals surface area contributed by atoms with E-state index in [0.717, 1.165) is 38.0 Å². The van der Waals surface area contributed by atoms with Crippen LogP contribution in [0.1, 0.15) is 44.2 Å². The summed E-state index contributed by atoms with van der Waals surface area (Å²) in [6.07, 6.45) is 2.20. The summed E-state index contributed by atoms with van der Waals surface area (Å²) >= 11 is 0. The third kappa shape index (κ3) is 8.82. The van der Waals surface area contributed by atoms with E-state index in [9.17, 15) is 14.0 Å². The molecule has 2 amide bonds. The van der Waals surface area contributed by atoms with Crippen molar-refractivity contribution < 1.29 is 32.9 Å². The molecule has 0 unspecified atom stereocenters. The summed E-state index contributed by atoms with van der Waals surface area (Å²) in [5.74, 6) is 1.37. The molecule has 0 saturated heterocycles. The number of anilines is 1. The monoisotopic (exact) mass is 587 g/mol. The number of carbonyl (C=O) groups excluding carboxylic acids is 2. The fourth-order valence-electron chi connectivity index (χ4n) is 5.53. The average Bonchev–Trinajstić information content (AvgIpc) is 2.96. The Balaban J connectivity index is 1.92. The van der Waals surface area contributed by atoms with E-state index in [1.165, 1.54) is 19.2 Å². The van der Waals surface area contributed by atoms with E-state index >= 15 is 0 Å². The highest BCUT2D eigenvalue weighted by Gasteiger charge is 2.24. The normalized spacial score (nSPS) is 15.0. The number of rotatable bonds is 10. The average molecular weight is 588 g/mol. The molecule has 0 aliphatic carbocycles. The molecule has 0 spiro atoms. The van der Waals surface area contributed by atoms with E-state index in [2.05, 4.69) is 18.7 Å². The number of carbonyl (C=O) groups is 2. The fraction of sp³-hybridized carbons (Fsp3) is 0.562. The number of nitrogens with zero attached hydrogens (tertiary/aromatic N) is 3. The number of hydrogen-bond donors (Lipinski definition) is 0. The van der Waals surface area contributed by atoms with Crippen LogP contribution in [0.2, 0.25) is 0 Å². The zero-order valence-electron chi connectivity index (χ0n) is 25.9. The first-order valence-electron chi connectivity index (χ1n) is 14.6. The molecule has 0 fully saturated rings. The van der Waals surface area contributed by atoms with Gasteiger partial charge in [-0.2, -0.15) is 0 Å². The van der Waals surface area contributed by atoms with Crippen molar-refractivity contribution in [1.29, 1.82) is 0 Å². The van der Waals surface area contributed by atoms with Gasteiger partial charge in [0.2, 0.25) is 11.7 Å². The van der Waals surface area contributed by atoms with Crippen molar-refractivity contribution in [3.63, 3.8) is 0 Å². The van der Waals surface area contributed by atoms with Crippen molar-refractivity contribution in [2.75, 3.05) is 72.7 Å². The number of ether oxygens (including phenoxy) is 4. The van der Waals surface area contributed by atoms with Gasteiger partial charge in [-0.1, -0.05) is 19.9 Å². The Bertz CT molecular complexity index is 1190. The van der Waals surface area contributed by atoms with E-state index in [1.54, 1.807) is 43.3 Å². The third-order valence-corrected chi connectivity index (χ3v) is 7.39. The van der Waals surface area contributed by atoms with Crippen molar-refractivity contribution in [2.24, 2.45) is 5.92 Å². The van der Waals surface area contributed by atoms with Gasteiger partial charge < -0.3 is 33.6 Å². The molecule has 0 N–H and O–H groups in total. The van der Waals surface area contributed by atoms with E-state index in [0.29, 0.717) is 53.9 Å². The molecule has 42 heavy (non-hydrogen) atoms. The maximum atomic E-state index is 14.5. The van der Waals surface area contributed by atoms with Crippen LogP contribution in [0, 0.1) is 11.7 Å². The summed E-state index contributed by atoms with van der Waals surface area (Å²) < 4.78 is 36.2. The van der Waals surface area contributed by atoms with E-state index < -0.39 is 5.82 Å². The minimum atomic E-state index is -0.412. The van der Waals surface area contributed by atoms with Crippen LogP contribution in [0.3, 0.4) is 0 Å². The molecule has 0 aromatic heterocycles. The Morgan fingerprint density at radius 1 is 0.881 bits per heavy atom. The molecule has 1 aliphatic rings. The lowest BCUT2D eigenvalue weighted by Crippen LogP contribution is -2.40. The summed E-state index contributed by atoms with van der Waals surface area (Å²) in [7, 11) is 6.15. The molecule has 10 heteroatoms. The first-order chi connectivity index (χ1) is 20.2. The number of benzene rings is 2. The van der Waals surface area contributed by atoms with Gasteiger partial charge in [-0.3, -0.25) is 9.59 Å². The zero-order chi connectivity index (χ0) is 30.6. The Kier molecular flexibility index (Phi) is 12.9. The van der Waals surface area contributed by atoms with Crippen LogP contribution in [0.5, 0.6) is 17.2 Å². The van der Waals surface area contributed by atoms with Crippen molar-refractivity contribution in [2.45, 2.75) is 46.1 Å². The first kappa shape index (κ1) is 33.1. The second kappa shape index (κ2) is 16.3. The van der Waals surface area contributed by atoms with Crippen LogP contribution in [0.15, 0.2) is 30.3 Å². The molecule has 232 valence electrons. The minimum Gasteiger partial charge on any atom is -0.493 e. The van der Waals surface area contributed by atoms with Gasteiger partial charge in [-0.15, -0.1) is 0 Å². The minimum absolute atomic E-state index is 0.0655. The molecule has 0 bridgehead atoms. The SMILES string of the molecule is COCC(=O)N1CCCN(CC(C)C)CCCN(C(=O)CCc2ccc(OC)c(OC)c2OC)Cc2cc(F)ccc21. The lowest BCUT2D eigenvalue weighted by molar-refractivity contribution is -0.131. The van der Waals surface area contributed by atoms with Crippen LogP contribution in [-0.2, 0) is 27.3 Å². The Morgan fingerprint density at radius 3 is 2.24 bits per heavy atom. The molecule has 2 aromatic carbocycles. The van der Waals surface area contributed by atoms with Crippen molar-refractivity contribution in [1.82, 2.24) is 9.80 Å². The molecule has 0 radical (unpaired) electrons. The standard InChI is InChI=1S/C32H46FN3O6/c1-23(2)20-34-15-7-17-35(29(37)14-10-24-9-13-28(40-4)32(42-6)31(24)41-5)21-25-19-26(33)11-12-27(25)36(18-8-16-34)30(38)22-39-3/h9,11-13,19,23H,7-8,10,14-18,20-22H2,1-6H3. The number of fused-ring (bicyclic) bond motifs is 1. The van der Waals surface area contributed by atoms with E-state index in [4.69, 9.17) is 18.9 Å². The van der Waals surface area contributed by atoms with Crippen LogP contribution >= 0.6 is 0 Å². The number of halogens is 1. The van der Waals surface area contributed by atoms with Crippen molar-refractivity contribution in [3.05, 3.63) is 47.3 Å². The third-order valence-electron chi connectivity index (χ3n) is 7.39. The van der Waals surface area contributed by atoms with Gasteiger partial charge >= 0.3 is 0 Å². The predicted octanol–water partition coefficient (Wildman–Crippen LogP) is 4.54. The maximum Gasteiger partial charge on any atom is 0.252 e. The molecule has 9 nitrogen and oxygen atoms in total. The zero-order valence-corrected chi connectivity index (χ0v) is 25.9. The molecule has 2 aromatic rings. The molecule has 0 atom stereocenters.